The Hall–Kier alpha value is -1.67. The lowest BCUT2D eigenvalue weighted by atomic mass is 10.0. The van der Waals surface area contributed by atoms with Crippen molar-refractivity contribution in [3.63, 3.8) is 0 Å². The smallest absolute Gasteiger partial charge is 0.284 e. The molecule has 22 heavy (non-hydrogen) atoms. The minimum Gasteiger partial charge on any atom is -0.352 e. The number of aromatic nitrogens is 3. The molecule has 0 amide bonds. The van der Waals surface area contributed by atoms with Gasteiger partial charge in [0.1, 0.15) is 0 Å². The number of hydrogen-bond donors (Lipinski definition) is 2. The molecule has 3 atom stereocenters. The van der Waals surface area contributed by atoms with E-state index in [4.69, 9.17) is 0 Å². The van der Waals surface area contributed by atoms with Crippen LogP contribution < -0.4 is 10.0 Å². The van der Waals surface area contributed by atoms with Crippen LogP contribution in [0.1, 0.15) is 39.7 Å². The highest BCUT2D eigenvalue weighted by molar-refractivity contribution is 7.89. The van der Waals surface area contributed by atoms with Crippen molar-refractivity contribution in [2.75, 3.05) is 5.32 Å². The van der Waals surface area contributed by atoms with Crippen molar-refractivity contribution >= 4 is 16.0 Å². The molecule has 120 valence electrons. The number of nitrogens with zero attached hydrogens (tertiary/aromatic N) is 3. The highest BCUT2D eigenvalue weighted by Crippen LogP contribution is 2.26. The van der Waals surface area contributed by atoms with E-state index in [0.717, 1.165) is 12.0 Å². The Morgan fingerprint density at radius 3 is 2.91 bits per heavy atom. The Balaban J connectivity index is 1.83. The summed E-state index contributed by atoms with van der Waals surface area (Å²) in [5.74, 6) is 0.516. The maximum atomic E-state index is 12.5. The van der Waals surface area contributed by atoms with Crippen molar-refractivity contribution in [2.45, 2.75) is 56.9 Å². The van der Waals surface area contributed by atoms with E-state index in [1.807, 2.05) is 39.0 Å². The van der Waals surface area contributed by atoms with Crippen molar-refractivity contribution in [1.82, 2.24) is 19.5 Å². The standard InChI is InChI=1S/C14H21N5O2S/c1-9-5-4-6-12(7-9)18-22(20,21)14-16-13-15-10(2)8-11(3)19(13)17-14/h4-6,10-12,18H,7-8H2,1-3H3,(H,15,16,17). The number of allylic oxidation sites excluding steroid dienone is 2. The van der Waals surface area contributed by atoms with Crippen molar-refractivity contribution in [3.8, 4) is 0 Å². The fourth-order valence-electron chi connectivity index (χ4n) is 2.88. The third-order valence-corrected chi connectivity index (χ3v) is 5.18. The normalized spacial score (nSPS) is 28.0. The zero-order valence-corrected chi connectivity index (χ0v) is 13.8. The van der Waals surface area contributed by atoms with Gasteiger partial charge in [0.15, 0.2) is 0 Å². The van der Waals surface area contributed by atoms with Crippen LogP contribution in [0.5, 0.6) is 0 Å². The summed E-state index contributed by atoms with van der Waals surface area (Å²) in [6, 6.07) is 0.131. The Bertz CT molecular complexity index is 734. The number of rotatable bonds is 3. The van der Waals surface area contributed by atoms with Gasteiger partial charge < -0.3 is 5.32 Å². The van der Waals surface area contributed by atoms with Gasteiger partial charge in [-0.1, -0.05) is 23.8 Å². The van der Waals surface area contributed by atoms with Gasteiger partial charge in [-0.2, -0.15) is 4.98 Å². The molecule has 0 spiro atoms. The first kappa shape index (κ1) is 15.2. The predicted octanol–water partition coefficient (Wildman–Crippen LogP) is 1.60. The van der Waals surface area contributed by atoms with E-state index in [1.54, 1.807) is 4.68 Å². The molecule has 0 saturated carbocycles. The second-order valence-electron chi connectivity index (χ2n) is 6.12. The summed E-state index contributed by atoms with van der Waals surface area (Å²) in [6.45, 7) is 6.03. The lowest BCUT2D eigenvalue weighted by molar-refractivity contribution is 0.407. The Labute approximate surface area is 130 Å². The molecule has 1 aromatic rings. The highest BCUT2D eigenvalue weighted by atomic mass is 32.2. The predicted molar refractivity (Wildman–Crippen MR) is 84.1 cm³/mol. The molecule has 1 aliphatic carbocycles. The molecule has 0 saturated heterocycles. The molecule has 7 nitrogen and oxygen atoms in total. The SMILES string of the molecule is CC1=CC=CC(NS(=O)(=O)c2nc3n(n2)C(C)CC(C)N3)C1. The average molecular weight is 323 g/mol. The second-order valence-corrected chi connectivity index (χ2v) is 7.73. The van der Waals surface area contributed by atoms with Crippen molar-refractivity contribution in [3.05, 3.63) is 23.8 Å². The summed E-state index contributed by atoms with van der Waals surface area (Å²) < 4.78 is 29.3. The first-order chi connectivity index (χ1) is 10.3. The van der Waals surface area contributed by atoms with Crippen LogP contribution in [0.3, 0.4) is 0 Å². The van der Waals surface area contributed by atoms with Gasteiger partial charge in [-0.05, 0) is 33.6 Å². The van der Waals surface area contributed by atoms with E-state index < -0.39 is 10.0 Å². The molecular formula is C14H21N5O2S. The first-order valence-electron chi connectivity index (χ1n) is 7.44. The van der Waals surface area contributed by atoms with Crippen molar-refractivity contribution in [1.29, 1.82) is 0 Å². The lowest BCUT2D eigenvalue weighted by Gasteiger charge is -2.26. The highest BCUT2D eigenvalue weighted by Gasteiger charge is 2.30. The number of sulfonamides is 1. The van der Waals surface area contributed by atoms with Gasteiger partial charge in [-0.3, -0.25) is 0 Å². The molecule has 2 N–H and O–H groups in total. The summed E-state index contributed by atoms with van der Waals surface area (Å²) in [5, 5.41) is 7.17. The Morgan fingerprint density at radius 2 is 2.18 bits per heavy atom. The van der Waals surface area contributed by atoms with Gasteiger partial charge in [0, 0.05) is 12.1 Å². The molecule has 0 aromatic carbocycles. The van der Waals surface area contributed by atoms with Crippen LogP contribution in [-0.4, -0.2) is 35.3 Å². The topological polar surface area (TPSA) is 88.9 Å². The molecule has 2 aliphatic rings. The van der Waals surface area contributed by atoms with E-state index in [1.165, 1.54) is 0 Å². The lowest BCUT2D eigenvalue weighted by Crippen LogP contribution is -2.35. The van der Waals surface area contributed by atoms with Crippen LogP contribution in [0.4, 0.5) is 5.95 Å². The van der Waals surface area contributed by atoms with Crippen LogP contribution in [0.15, 0.2) is 29.0 Å². The van der Waals surface area contributed by atoms with Crippen molar-refractivity contribution < 1.29 is 8.42 Å². The van der Waals surface area contributed by atoms with Crippen LogP contribution >= 0.6 is 0 Å². The number of hydrogen-bond acceptors (Lipinski definition) is 5. The van der Waals surface area contributed by atoms with Crippen molar-refractivity contribution in [2.24, 2.45) is 0 Å². The number of nitrogens with one attached hydrogen (secondary N) is 2. The zero-order valence-electron chi connectivity index (χ0n) is 12.9. The molecular weight excluding hydrogens is 302 g/mol. The molecule has 8 heteroatoms. The molecule has 0 fully saturated rings. The van der Waals surface area contributed by atoms with E-state index >= 15 is 0 Å². The zero-order chi connectivity index (χ0) is 15.9. The Kier molecular flexibility index (Phi) is 3.82. The Morgan fingerprint density at radius 1 is 1.41 bits per heavy atom. The molecule has 0 radical (unpaired) electrons. The van der Waals surface area contributed by atoms with E-state index in [9.17, 15) is 8.42 Å². The van der Waals surface area contributed by atoms with Gasteiger partial charge >= 0.3 is 0 Å². The van der Waals surface area contributed by atoms with Gasteiger partial charge in [0.05, 0.1) is 6.04 Å². The van der Waals surface area contributed by atoms with Gasteiger partial charge in [-0.25, -0.2) is 17.8 Å². The molecule has 3 rings (SSSR count). The monoisotopic (exact) mass is 323 g/mol. The fourth-order valence-corrected chi connectivity index (χ4v) is 3.95. The van der Waals surface area contributed by atoms with Gasteiger partial charge in [0.25, 0.3) is 15.2 Å². The quantitative estimate of drug-likeness (QED) is 0.882. The van der Waals surface area contributed by atoms with Crippen LogP contribution in [0, 0.1) is 0 Å². The molecule has 2 heterocycles. The van der Waals surface area contributed by atoms with Crippen LogP contribution in [0.25, 0.3) is 0 Å². The summed E-state index contributed by atoms with van der Waals surface area (Å²) in [6.07, 6.45) is 7.23. The van der Waals surface area contributed by atoms with Gasteiger partial charge in [-0.15, -0.1) is 5.10 Å². The third-order valence-electron chi connectivity index (χ3n) is 3.91. The van der Waals surface area contributed by atoms with E-state index in [2.05, 4.69) is 20.1 Å². The molecule has 0 bridgehead atoms. The largest absolute Gasteiger partial charge is 0.352 e. The summed E-state index contributed by atoms with van der Waals surface area (Å²) in [5.41, 5.74) is 1.14. The summed E-state index contributed by atoms with van der Waals surface area (Å²) in [7, 11) is -3.73. The molecule has 3 unspecified atom stereocenters. The summed E-state index contributed by atoms with van der Waals surface area (Å²) in [4.78, 5) is 4.16. The third kappa shape index (κ3) is 2.93. The maximum Gasteiger partial charge on any atom is 0.284 e. The summed E-state index contributed by atoms with van der Waals surface area (Å²) >= 11 is 0. The minimum atomic E-state index is -3.73. The minimum absolute atomic E-state index is 0.127. The van der Waals surface area contributed by atoms with Gasteiger partial charge in [0.2, 0.25) is 5.95 Å². The molecule has 1 aromatic heterocycles. The first-order valence-corrected chi connectivity index (χ1v) is 8.93. The second kappa shape index (κ2) is 5.51. The maximum absolute atomic E-state index is 12.5. The van der Waals surface area contributed by atoms with Crippen LogP contribution in [0.2, 0.25) is 0 Å². The number of fused-ring (bicyclic) bond motifs is 1. The molecule has 1 aliphatic heterocycles. The number of anilines is 1. The van der Waals surface area contributed by atoms with Crippen LogP contribution in [-0.2, 0) is 10.0 Å². The average Bonchev–Trinajstić information content (AvgIpc) is 2.83. The van der Waals surface area contributed by atoms with E-state index in [0.29, 0.717) is 12.4 Å². The fraction of sp³-hybridized carbons (Fsp3) is 0.571. The van der Waals surface area contributed by atoms with E-state index in [-0.39, 0.29) is 23.3 Å².